The lowest BCUT2D eigenvalue weighted by Gasteiger charge is -2.38. The number of carbonyl (C=O) groups excluding carboxylic acids is 1. The summed E-state index contributed by atoms with van der Waals surface area (Å²) in [6.07, 6.45) is 1.58. The Balaban J connectivity index is 2.22. The van der Waals surface area contributed by atoms with Crippen molar-refractivity contribution < 1.29 is 18.8 Å². The van der Waals surface area contributed by atoms with Crippen molar-refractivity contribution in [1.29, 1.82) is 0 Å². The normalized spacial score (nSPS) is 16.0. The zero-order valence-corrected chi connectivity index (χ0v) is 19.8. The van der Waals surface area contributed by atoms with E-state index in [1.54, 1.807) is 37.2 Å². The Bertz CT molecular complexity index is 1140. The van der Waals surface area contributed by atoms with E-state index in [4.69, 9.17) is 22.1 Å². The topological polar surface area (TPSA) is 115 Å². The summed E-state index contributed by atoms with van der Waals surface area (Å²) in [7, 11) is 1.55. The van der Waals surface area contributed by atoms with E-state index < -0.39 is 22.6 Å². The Labute approximate surface area is 201 Å². The van der Waals surface area contributed by atoms with Crippen LogP contribution < -0.4 is 5.73 Å². The van der Waals surface area contributed by atoms with Crippen molar-refractivity contribution in [2.24, 2.45) is 5.73 Å². The third-order valence-corrected chi connectivity index (χ3v) is 5.71. The maximum Gasteiger partial charge on any atom is 0.338 e. The van der Waals surface area contributed by atoms with Gasteiger partial charge in [0.2, 0.25) is 0 Å². The van der Waals surface area contributed by atoms with Gasteiger partial charge in [0, 0.05) is 26.3 Å². The van der Waals surface area contributed by atoms with E-state index in [9.17, 15) is 19.3 Å². The van der Waals surface area contributed by atoms with Gasteiger partial charge in [-0.3, -0.25) is 10.1 Å². The van der Waals surface area contributed by atoms with E-state index in [1.807, 2.05) is 6.92 Å². The number of benzene rings is 1. The van der Waals surface area contributed by atoms with E-state index in [1.165, 1.54) is 29.2 Å². The molecule has 3 rings (SSSR count). The Morgan fingerprint density at radius 3 is 2.50 bits per heavy atom. The molecular weight excluding hydrogens is 465 g/mol. The summed E-state index contributed by atoms with van der Waals surface area (Å²) in [4.78, 5) is 32.1. The minimum atomic E-state index is -1.17. The number of hydrogen-bond donors (Lipinski definition) is 1. The third kappa shape index (κ3) is 4.96. The predicted molar refractivity (Wildman–Crippen MR) is 124 cm³/mol. The van der Waals surface area contributed by atoms with Gasteiger partial charge in [0.25, 0.3) is 5.70 Å². The van der Waals surface area contributed by atoms with Gasteiger partial charge < -0.3 is 20.3 Å². The van der Waals surface area contributed by atoms with Gasteiger partial charge in [0.1, 0.15) is 22.7 Å². The van der Waals surface area contributed by atoms with Crippen LogP contribution in [0.15, 0.2) is 65.5 Å². The average molecular weight is 490 g/mol. The molecule has 11 heteroatoms. The fraction of sp³-hybridized carbons (Fsp3) is 0.304. The number of nitro groups is 1. The average Bonchev–Trinajstić information content (AvgIpc) is 2.80. The molecule has 180 valence electrons. The summed E-state index contributed by atoms with van der Waals surface area (Å²) in [6, 6.07) is 8.57. The molecule has 1 aromatic carbocycles. The summed E-state index contributed by atoms with van der Waals surface area (Å²) >= 11 is 5.88. The lowest BCUT2D eigenvalue weighted by molar-refractivity contribution is -0.433. The molecule has 0 amide bonds. The van der Waals surface area contributed by atoms with Crippen molar-refractivity contribution >= 4 is 17.6 Å². The molecule has 0 saturated heterocycles. The Morgan fingerprint density at radius 2 is 1.97 bits per heavy atom. The van der Waals surface area contributed by atoms with Gasteiger partial charge in [-0.15, -0.1) is 0 Å². The molecule has 0 aliphatic carbocycles. The van der Waals surface area contributed by atoms with Crippen molar-refractivity contribution in [3.8, 4) is 0 Å². The second-order valence-electron chi connectivity index (χ2n) is 7.53. The standard InChI is InChI=1S/C23H25ClFN5O4/c1-4-29(13-14-6-11-17(24)27-12-14)22-20(30(32)33)18(15-7-9-16(25)10-8-15)19(21(26)28(22)3)23(31)34-5-2/h6-12,18H,4-5,13,26H2,1-3H3. The summed E-state index contributed by atoms with van der Waals surface area (Å²) in [5.41, 5.74) is 7.16. The number of esters is 1. The molecule has 2 N–H and O–H groups in total. The monoisotopic (exact) mass is 489 g/mol. The van der Waals surface area contributed by atoms with Crippen LogP contribution in [-0.2, 0) is 16.1 Å². The van der Waals surface area contributed by atoms with Gasteiger partial charge in [0.15, 0.2) is 5.82 Å². The second-order valence-corrected chi connectivity index (χ2v) is 7.92. The number of nitrogens with two attached hydrogens (primary N) is 1. The minimum Gasteiger partial charge on any atom is -0.463 e. The van der Waals surface area contributed by atoms with Crippen molar-refractivity contribution in [1.82, 2.24) is 14.8 Å². The van der Waals surface area contributed by atoms with Crippen LogP contribution in [0.25, 0.3) is 0 Å². The number of halogens is 2. The minimum absolute atomic E-state index is 0.0149. The quantitative estimate of drug-likeness (QED) is 0.259. The van der Waals surface area contributed by atoms with Gasteiger partial charge in [-0.25, -0.2) is 14.2 Å². The first-order chi connectivity index (χ1) is 16.2. The van der Waals surface area contributed by atoms with Gasteiger partial charge in [-0.1, -0.05) is 29.8 Å². The van der Waals surface area contributed by atoms with Gasteiger partial charge >= 0.3 is 5.97 Å². The predicted octanol–water partition coefficient (Wildman–Crippen LogP) is 3.60. The summed E-state index contributed by atoms with van der Waals surface area (Å²) in [6.45, 7) is 4.19. The largest absolute Gasteiger partial charge is 0.463 e. The Hall–Kier alpha value is -3.66. The van der Waals surface area contributed by atoms with Gasteiger partial charge in [-0.2, -0.15) is 0 Å². The molecule has 0 radical (unpaired) electrons. The van der Waals surface area contributed by atoms with Crippen molar-refractivity contribution in [3.05, 3.63) is 97.7 Å². The van der Waals surface area contributed by atoms with Crippen LogP contribution in [0.2, 0.25) is 5.15 Å². The van der Waals surface area contributed by atoms with E-state index in [-0.39, 0.29) is 36.1 Å². The Morgan fingerprint density at radius 1 is 1.29 bits per heavy atom. The summed E-state index contributed by atoms with van der Waals surface area (Å²) in [5.74, 6) is -2.23. The number of allylic oxidation sites excluding steroid dienone is 1. The number of pyridine rings is 1. The number of ether oxygens (including phenoxy) is 1. The number of nitrogens with zero attached hydrogens (tertiary/aromatic N) is 4. The lowest BCUT2D eigenvalue weighted by atomic mass is 9.85. The summed E-state index contributed by atoms with van der Waals surface area (Å²) < 4.78 is 18.8. The first-order valence-electron chi connectivity index (χ1n) is 10.6. The molecule has 1 aromatic heterocycles. The zero-order chi connectivity index (χ0) is 25.0. The SMILES string of the molecule is CCOC(=O)C1=C(N)N(C)C(N(CC)Cc2ccc(Cl)nc2)=C([N+](=O)[O-])C1c1ccc(F)cc1. The Kier molecular flexibility index (Phi) is 7.72. The number of hydrogen-bond acceptors (Lipinski definition) is 8. The highest BCUT2D eigenvalue weighted by Crippen LogP contribution is 2.42. The molecule has 1 unspecified atom stereocenters. The van der Waals surface area contributed by atoms with Crippen LogP contribution >= 0.6 is 11.6 Å². The van der Waals surface area contributed by atoms with E-state index in [0.29, 0.717) is 17.3 Å². The van der Waals surface area contributed by atoms with Gasteiger partial charge in [-0.05, 0) is 43.2 Å². The first-order valence-corrected chi connectivity index (χ1v) is 11.0. The molecular formula is C23H25ClFN5O4. The van der Waals surface area contributed by atoms with Crippen LogP contribution in [0.3, 0.4) is 0 Å². The molecule has 2 heterocycles. The van der Waals surface area contributed by atoms with Crippen molar-refractivity contribution in [3.63, 3.8) is 0 Å². The maximum atomic E-state index is 13.6. The third-order valence-electron chi connectivity index (χ3n) is 5.48. The molecule has 2 aromatic rings. The van der Waals surface area contributed by atoms with Crippen LogP contribution in [0.1, 0.15) is 30.9 Å². The van der Waals surface area contributed by atoms with Crippen molar-refractivity contribution in [2.75, 3.05) is 20.2 Å². The molecule has 0 bridgehead atoms. The fourth-order valence-electron chi connectivity index (χ4n) is 3.91. The highest BCUT2D eigenvalue weighted by molar-refractivity contribution is 6.29. The molecule has 1 aliphatic heterocycles. The molecule has 1 atom stereocenters. The molecule has 0 fully saturated rings. The molecule has 34 heavy (non-hydrogen) atoms. The number of carbonyl (C=O) groups is 1. The fourth-order valence-corrected chi connectivity index (χ4v) is 4.02. The molecule has 1 aliphatic rings. The lowest BCUT2D eigenvalue weighted by Crippen LogP contribution is -2.43. The first kappa shape index (κ1) is 25.0. The number of rotatable bonds is 8. The summed E-state index contributed by atoms with van der Waals surface area (Å²) in [5, 5.41) is 12.8. The van der Waals surface area contributed by atoms with E-state index >= 15 is 0 Å². The molecule has 9 nitrogen and oxygen atoms in total. The smallest absolute Gasteiger partial charge is 0.338 e. The van der Waals surface area contributed by atoms with Crippen LogP contribution in [0.5, 0.6) is 0 Å². The number of aromatic nitrogens is 1. The van der Waals surface area contributed by atoms with Gasteiger partial charge in [0.05, 0.1) is 17.1 Å². The molecule has 0 spiro atoms. The van der Waals surface area contributed by atoms with Crippen molar-refractivity contribution in [2.45, 2.75) is 26.3 Å². The van der Waals surface area contributed by atoms with Crippen LogP contribution in [-0.4, -0.2) is 45.9 Å². The maximum absolute atomic E-state index is 13.6. The molecule has 0 saturated carbocycles. The second kappa shape index (κ2) is 10.5. The van der Waals surface area contributed by atoms with E-state index in [0.717, 1.165) is 5.56 Å². The highest BCUT2D eigenvalue weighted by Gasteiger charge is 2.46. The zero-order valence-electron chi connectivity index (χ0n) is 19.0. The van der Waals surface area contributed by atoms with E-state index in [2.05, 4.69) is 4.98 Å². The van der Waals surface area contributed by atoms with Crippen LogP contribution in [0.4, 0.5) is 4.39 Å². The van der Waals surface area contributed by atoms with Crippen LogP contribution in [0, 0.1) is 15.9 Å². The highest BCUT2D eigenvalue weighted by atomic mass is 35.5.